The third-order valence-electron chi connectivity index (χ3n) is 6.96. The van der Waals surface area contributed by atoms with Gasteiger partial charge in [0, 0.05) is 17.4 Å². The second-order valence-electron chi connectivity index (χ2n) is 8.94. The number of aromatic nitrogens is 2. The summed E-state index contributed by atoms with van der Waals surface area (Å²) in [4.78, 5) is 9.91. The lowest BCUT2D eigenvalue weighted by Crippen LogP contribution is -2.34. The molecule has 1 aliphatic heterocycles. The van der Waals surface area contributed by atoms with Gasteiger partial charge in [0.15, 0.2) is 0 Å². The summed E-state index contributed by atoms with van der Waals surface area (Å²) in [6, 6.07) is 2.87. The summed E-state index contributed by atoms with van der Waals surface area (Å²) in [5.41, 5.74) is 10.4. The van der Waals surface area contributed by atoms with E-state index in [1.54, 1.807) is 0 Å². The smallest absolute Gasteiger partial charge is 0.0804 e. The molecule has 0 saturated carbocycles. The summed E-state index contributed by atoms with van der Waals surface area (Å²) in [5, 5.41) is 7.66. The summed E-state index contributed by atoms with van der Waals surface area (Å²) in [5.74, 6) is 0.630. The maximum Gasteiger partial charge on any atom is 0.0804 e. The number of rotatable bonds is 3. The van der Waals surface area contributed by atoms with Crippen molar-refractivity contribution in [1.82, 2.24) is 9.97 Å². The minimum absolute atomic E-state index is 0.526. The molecule has 2 aliphatic carbocycles. The van der Waals surface area contributed by atoms with Crippen molar-refractivity contribution >= 4 is 17.1 Å². The summed E-state index contributed by atoms with van der Waals surface area (Å²) in [6.45, 7) is 4.64. The van der Waals surface area contributed by atoms with Gasteiger partial charge in [-0.05, 0) is 87.3 Å². The Balaban J connectivity index is 1.57. The second-order valence-corrected chi connectivity index (χ2v) is 8.94. The molecule has 3 heterocycles. The van der Waals surface area contributed by atoms with Crippen LogP contribution in [-0.4, -0.2) is 16.0 Å². The Morgan fingerprint density at radius 3 is 2.68 bits per heavy atom. The lowest BCUT2D eigenvalue weighted by Gasteiger charge is -2.35. The first-order valence-corrected chi connectivity index (χ1v) is 11.3. The molecule has 28 heavy (non-hydrogen) atoms. The molecule has 2 aromatic heterocycles. The average molecular weight is 377 g/mol. The largest absolute Gasteiger partial charge is 0.379 e. The van der Waals surface area contributed by atoms with E-state index in [0.29, 0.717) is 12.0 Å². The number of pyridine rings is 2. The van der Waals surface area contributed by atoms with Crippen LogP contribution in [0.15, 0.2) is 12.3 Å². The number of nitrogens with zero attached hydrogens (tertiary/aromatic N) is 2. The molecule has 0 saturated heterocycles. The Labute approximate surface area is 168 Å². The first kappa shape index (κ1) is 18.0. The predicted octanol–water partition coefficient (Wildman–Crippen LogP) is 5.36. The van der Waals surface area contributed by atoms with Gasteiger partial charge in [-0.25, -0.2) is 0 Å². The van der Waals surface area contributed by atoms with E-state index < -0.39 is 0 Å². The number of hydrogen-bond donors (Lipinski definition) is 2. The van der Waals surface area contributed by atoms with Gasteiger partial charge in [0.05, 0.1) is 29.0 Å². The third-order valence-corrected chi connectivity index (χ3v) is 6.96. The summed E-state index contributed by atoms with van der Waals surface area (Å²) in [6.07, 6.45) is 13.9. The molecule has 0 radical (unpaired) electrons. The highest BCUT2D eigenvalue weighted by Crippen LogP contribution is 2.41. The van der Waals surface area contributed by atoms with Crippen LogP contribution in [0.3, 0.4) is 0 Å². The van der Waals surface area contributed by atoms with Gasteiger partial charge in [0.25, 0.3) is 0 Å². The Morgan fingerprint density at radius 1 is 1.04 bits per heavy atom. The summed E-state index contributed by atoms with van der Waals surface area (Å²) < 4.78 is 0. The topological polar surface area (TPSA) is 49.8 Å². The van der Waals surface area contributed by atoms with Gasteiger partial charge in [-0.3, -0.25) is 9.97 Å². The maximum absolute atomic E-state index is 5.13. The van der Waals surface area contributed by atoms with Crippen molar-refractivity contribution in [1.29, 1.82) is 0 Å². The minimum atomic E-state index is 0.526. The SMILES string of the molecule is CCC1Nc2c(nc3c(c2Nc2cnc4c(c2)CCCC4)CCCC3)CC1C. The van der Waals surface area contributed by atoms with Crippen LogP contribution in [0.2, 0.25) is 0 Å². The lowest BCUT2D eigenvalue weighted by atomic mass is 9.86. The van der Waals surface area contributed by atoms with Crippen LogP contribution in [0.25, 0.3) is 0 Å². The van der Waals surface area contributed by atoms with Gasteiger partial charge >= 0.3 is 0 Å². The van der Waals surface area contributed by atoms with Crippen LogP contribution in [-0.2, 0) is 32.1 Å². The van der Waals surface area contributed by atoms with Gasteiger partial charge in [0.2, 0.25) is 0 Å². The highest BCUT2D eigenvalue weighted by atomic mass is 15.0. The van der Waals surface area contributed by atoms with E-state index in [-0.39, 0.29) is 0 Å². The molecule has 4 heteroatoms. The normalized spacial score (nSPS) is 23.2. The molecule has 2 atom stereocenters. The van der Waals surface area contributed by atoms with E-state index in [4.69, 9.17) is 9.97 Å². The van der Waals surface area contributed by atoms with Gasteiger partial charge in [-0.1, -0.05) is 13.8 Å². The van der Waals surface area contributed by atoms with Gasteiger partial charge in [0.1, 0.15) is 0 Å². The Morgan fingerprint density at radius 2 is 1.82 bits per heavy atom. The first-order chi connectivity index (χ1) is 13.7. The molecule has 0 spiro atoms. The van der Waals surface area contributed by atoms with Gasteiger partial charge in [-0.15, -0.1) is 0 Å². The Bertz CT molecular complexity index is 889. The molecule has 3 aliphatic rings. The van der Waals surface area contributed by atoms with Crippen LogP contribution < -0.4 is 10.6 Å². The van der Waals surface area contributed by atoms with Crippen molar-refractivity contribution in [2.24, 2.45) is 5.92 Å². The van der Waals surface area contributed by atoms with E-state index in [1.165, 1.54) is 65.3 Å². The van der Waals surface area contributed by atoms with Crippen molar-refractivity contribution in [3.05, 3.63) is 40.5 Å². The Kier molecular flexibility index (Phi) is 4.73. The third kappa shape index (κ3) is 3.17. The van der Waals surface area contributed by atoms with Crippen molar-refractivity contribution in [3.8, 4) is 0 Å². The summed E-state index contributed by atoms with van der Waals surface area (Å²) >= 11 is 0. The standard InChI is InChI=1S/C24H32N4/c1-3-19-15(2)12-22-24(28-19)23(18-9-5-7-11-21(18)27-22)26-17-13-16-8-4-6-10-20(16)25-14-17/h13-15,19,28H,3-12H2,1-2H3,(H,26,27). The average Bonchev–Trinajstić information content (AvgIpc) is 2.73. The van der Waals surface area contributed by atoms with Gasteiger partial charge < -0.3 is 10.6 Å². The van der Waals surface area contributed by atoms with Crippen LogP contribution in [0.5, 0.6) is 0 Å². The molecule has 5 rings (SSSR count). The number of hydrogen-bond acceptors (Lipinski definition) is 4. The van der Waals surface area contributed by atoms with Crippen LogP contribution >= 0.6 is 0 Å². The summed E-state index contributed by atoms with van der Waals surface area (Å²) in [7, 11) is 0. The van der Waals surface area contributed by atoms with E-state index >= 15 is 0 Å². The minimum Gasteiger partial charge on any atom is -0.379 e. The van der Waals surface area contributed by atoms with E-state index in [9.17, 15) is 0 Å². The van der Waals surface area contributed by atoms with Crippen LogP contribution in [0.1, 0.15) is 74.2 Å². The number of fused-ring (bicyclic) bond motifs is 3. The zero-order valence-corrected chi connectivity index (χ0v) is 17.3. The number of anilines is 3. The molecule has 2 unspecified atom stereocenters. The number of nitrogens with one attached hydrogen (secondary N) is 2. The highest BCUT2D eigenvalue weighted by molar-refractivity contribution is 5.81. The van der Waals surface area contributed by atoms with E-state index in [2.05, 4.69) is 30.5 Å². The maximum atomic E-state index is 5.13. The van der Waals surface area contributed by atoms with Crippen molar-refractivity contribution in [2.75, 3.05) is 10.6 Å². The molecule has 2 N–H and O–H groups in total. The zero-order valence-electron chi connectivity index (χ0n) is 17.3. The fourth-order valence-corrected chi connectivity index (χ4v) is 5.32. The predicted molar refractivity (Wildman–Crippen MR) is 116 cm³/mol. The number of aryl methyl sites for hydroxylation is 3. The van der Waals surface area contributed by atoms with E-state index in [1.807, 2.05) is 6.20 Å². The molecule has 0 bridgehead atoms. The van der Waals surface area contributed by atoms with Crippen LogP contribution in [0, 0.1) is 5.92 Å². The van der Waals surface area contributed by atoms with E-state index in [0.717, 1.165) is 44.2 Å². The lowest BCUT2D eigenvalue weighted by molar-refractivity contribution is 0.447. The second kappa shape index (κ2) is 7.38. The van der Waals surface area contributed by atoms with Crippen molar-refractivity contribution in [2.45, 2.75) is 84.1 Å². The zero-order chi connectivity index (χ0) is 19.1. The molecule has 2 aromatic rings. The Hall–Kier alpha value is -2.10. The fourth-order valence-electron chi connectivity index (χ4n) is 5.32. The molecule has 0 aromatic carbocycles. The quantitative estimate of drug-likeness (QED) is 0.757. The highest BCUT2D eigenvalue weighted by Gasteiger charge is 2.30. The molecular weight excluding hydrogens is 344 g/mol. The fraction of sp³-hybridized carbons (Fsp3) is 0.583. The molecular formula is C24H32N4. The molecule has 0 amide bonds. The van der Waals surface area contributed by atoms with Crippen molar-refractivity contribution < 1.29 is 0 Å². The van der Waals surface area contributed by atoms with Gasteiger partial charge in [-0.2, -0.15) is 0 Å². The monoisotopic (exact) mass is 376 g/mol. The molecule has 4 nitrogen and oxygen atoms in total. The van der Waals surface area contributed by atoms with Crippen LogP contribution in [0.4, 0.5) is 17.1 Å². The molecule has 148 valence electrons. The first-order valence-electron chi connectivity index (χ1n) is 11.3. The molecule has 0 fully saturated rings. The van der Waals surface area contributed by atoms with Crippen molar-refractivity contribution in [3.63, 3.8) is 0 Å².